The summed E-state index contributed by atoms with van der Waals surface area (Å²) in [4.78, 5) is 18.7. The Morgan fingerprint density at radius 1 is 1.19 bits per heavy atom. The van der Waals surface area contributed by atoms with Crippen LogP contribution >= 0.6 is 15.9 Å². The normalized spacial score (nSPS) is 14.2. The lowest BCUT2D eigenvalue weighted by Gasteiger charge is -2.18. The van der Waals surface area contributed by atoms with E-state index in [4.69, 9.17) is 0 Å². The van der Waals surface area contributed by atoms with Crippen LogP contribution in [-0.4, -0.2) is 24.0 Å². The molecule has 1 fully saturated rings. The fraction of sp³-hybridized carbons (Fsp3) is 0.250. The van der Waals surface area contributed by atoms with Crippen LogP contribution in [0.1, 0.15) is 23.2 Å². The second-order valence-corrected chi connectivity index (χ2v) is 5.79. The molecule has 108 valence electrons. The van der Waals surface area contributed by atoms with Crippen LogP contribution in [0.15, 0.2) is 47.2 Å². The van der Waals surface area contributed by atoms with Crippen molar-refractivity contribution in [1.29, 1.82) is 0 Å². The zero-order chi connectivity index (χ0) is 14.7. The Balaban J connectivity index is 1.77. The Hall–Kier alpha value is -1.88. The third-order valence-electron chi connectivity index (χ3n) is 3.58. The first kappa shape index (κ1) is 14.1. The molecule has 0 atom stereocenters. The first-order valence-corrected chi connectivity index (χ1v) is 7.80. The minimum Gasteiger partial charge on any atom is -0.371 e. The maximum absolute atomic E-state index is 12.3. The molecule has 1 aliphatic rings. The number of pyridine rings is 1. The summed E-state index contributed by atoms with van der Waals surface area (Å²) in [6.45, 7) is 2.18. The topological polar surface area (TPSA) is 45.2 Å². The Morgan fingerprint density at radius 2 is 2.00 bits per heavy atom. The Kier molecular flexibility index (Phi) is 4.20. The molecule has 0 radical (unpaired) electrons. The van der Waals surface area contributed by atoms with Crippen molar-refractivity contribution < 1.29 is 4.79 Å². The van der Waals surface area contributed by atoms with E-state index in [0.29, 0.717) is 10.2 Å². The minimum absolute atomic E-state index is 0.159. The van der Waals surface area contributed by atoms with Crippen LogP contribution in [-0.2, 0) is 0 Å². The van der Waals surface area contributed by atoms with Crippen LogP contribution in [0.4, 0.5) is 11.4 Å². The van der Waals surface area contributed by atoms with E-state index in [9.17, 15) is 4.79 Å². The number of carbonyl (C=O) groups is 1. The van der Waals surface area contributed by atoms with Crippen molar-refractivity contribution in [2.45, 2.75) is 12.8 Å². The zero-order valence-corrected chi connectivity index (χ0v) is 13.1. The van der Waals surface area contributed by atoms with E-state index in [1.54, 1.807) is 18.3 Å². The van der Waals surface area contributed by atoms with Crippen LogP contribution in [0.25, 0.3) is 0 Å². The molecule has 1 amide bonds. The summed E-state index contributed by atoms with van der Waals surface area (Å²) in [6.07, 6.45) is 4.12. The average molecular weight is 346 g/mol. The highest BCUT2D eigenvalue weighted by atomic mass is 79.9. The molecule has 2 heterocycles. The number of hydrogen-bond donors (Lipinski definition) is 1. The molecule has 21 heavy (non-hydrogen) atoms. The summed E-state index contributed by atoms with van der Waals surface area (Å²) in [7, 11) is 0. The summed E-state index contributed by atoms with van der Waals surface area (Å²) >= 11 is 3.30. The van der Waals surface area contributed by atoms with Gasteiger partial charge in [-0.15, -0.1) is 0 Å². The standard InChI is InChI=1S/C16H16BrN3O/c17-15-14(7-4-8-18-15)16(21)19-12-5-3-6-13(11-12)20-9-1-2-10-20/h3-8,11H,1-2,9-10H2,(H,19,21). The molecule has 0 spiro atoms. The Morgan fingerprint density at radius 3 is 2.76 bits per heavy atom. The fourth-order valence-electron chi connectivity index (χ4n) is 2.51. The molecule has 1 aromatic heterocycles. The molecule has 5 heteroatoms. The van der Waals surface area contributed by atoms with Gasteiger partial charge in [0.15, 0.2) is 0 Å². The molecular formula is C16H16BrN3O. The number of rotatable bonds is 3. The maximum Gasteiger partial charge on any atom is 0.258 e. The van der Waals surface area contributed by atoms with E-state index in [1.807, 2.05) is 18.2 Å². The maximum atomic E-state index is 12.3. The molecule has 4 nitrogen and oxygen atoms in total. The molecule has 0 aliphatic carbocycles. The van der Waals surface area contributed by atoms with Gasteiger partial charge in [0.2, 0.25) is 0 Å². The van der Waals surface area contributed by atoms with Crippen LogP contribution < -0.4 is 10.2 Å². The number of amides is 1. The number of benzene rings is 1. The van der Waals surface area contributed by atoms with E-state index in [-0.39, 0.29) is 5.91 Å². The summed E-state index contributed by atoms with van der Waals surface area (Å²) < 4.78 is 0.554. The lowest BCUT2D eigenvalue weighted by Crippen LogP contribution is -2.18. The molecular weight excluding hydrogens is 330 g/mol. The fourth-order valence-corrected chi connectivity index (χ4v) is 2.94. The number of aromatic nitrogens is 1. The Bertz CT molecular complexity index is 653. The first-order valence-electron chi connectivity index (χ1n) is 7.01. The van der Waals surface area contributed by atoms with Gasteiger partial charge in [0.25, 0.3) is 5.91 Å². The lowest BCUT2D eigenvalue weighted by molar-refractivity contribution is 0.102. The molecule has 1 aromatic carbocycles. The molecule has 0 saturated carbocycles. The molecule has 1 N–H and O–H groups in total. The third kappa shape index (κ3) is 3.24. The SMILES string of the molecule is O=C(Nc1cccc(N2CCCC2)c1)c1cccnc1Br. The van der Waals surface area contributed by atoms with Gasteiger partial charge in [-0.05, 0) is 59.1 Å². The van der Waals surface area contributed by atoms with Gasteiger partial charge in [-0.25, -0.2) is 4.98 Å². The highest BCUT2D eigenvalue weighted by molar-refractivity contribution is 9.10. The molecule has 3 rings (SSSR count). The number of carbonyl (C=O) groups excluding carboxylic acids is 1. The monoisotopic (exact) mass is 345 g/mol. The smallest absolute Gasteiger partial charge is 0.258 e. The first-order chi connectivity index (χ1) is 10.2. The van der Waals surface area contributed by atoms with Crippen molar-refractivity contribution in [3.8, 4) is 0 Å². The predicted octanol–water partition coefficient (Wildman–Crippen LogP) is 3.70. The van der Waals surface area contributed by atoms with Gasteiger partial charge < -0.3 is 10.2 Å². The van der Waals surface area contributed by atoms with E-state index in [1.165, 1.54) is 12.8 Å². The Labute approximate surface area is 132 Å². The molecule has 1 saturated heterocycles. The molecule has 0 bridgehead atoms. The second kappa shape index (κ2) is 6.26. The molecule has 0 unspecified atom stereocenters. The van der Waals surface area contributed by atoms with Gasteiger partial charge in [0.1, 0.15) is 4.60 Å². The van der Waals surface area contributed by atoms with Crippen molar-refractivity contribution >= 4 is 33.2 Å². The van der Waals surface area contributed by atoms with Gasteiger partial charge in [-0.3, -0.25) is 4.79 Å². The summed E-state index contributed by atoms with van der Waals surface area (Å²) in [5.74, 6) is -0.159. The van der Waals surface area contributed by atoms with Crippen LogP contribution in [0.5, 0.6) is 0 Å². The molecule has 2 aromatic rings. The lowest BCUT2D eigenvalue weighted by atomic mass is 10.2. The summed E-state index contributed by atoms with van der Waals surface area (Å²) in [6, 6.07) is 11.5. The third-order valence-corrected chi connectivity index (χ3v) is 4.21. The minimum atomic E-state index is -0.159. The molecule has 1 aliphatic heterocycles. The van der Waals surface area contributed by atoms with Crippen LogP contribution in [0.3, 0.4) is 0 Å². The van der Waals surface area contributed by atoms with Crippen molar-refractivity contribution in [3.63, 3.8) is 0 Å². The number of hydrogen-bond acceptors (Lipinski definition) is 3. The highest BCUT2D eigenvalue weighted by Gasteiger charge is 2.14. The summed E-state index contributed by atoms with van der Waals surface area (Å²) in [5, 5.41) is 2.93. The van der Waals surface area contributed by atoms with Crippen molar-refractivity contribution in [2.75, 3.05) is 23.3 Å². The van der Waals surface area contributed by atoms with E-state index in [0.717, 1.165) is 24.5 Å². The zero-order valence-electron chi connectivity index (χ0n) is 11.6. The van der Waals surface area contributed by atoms with Gasteiger partial charge in [-0.1, -0.05) is 6.07 Å². The number of nitrogens with one attached hydrogen (secondary N) is 1. The van der Waals surface area contributed by atoms with Gasteiger partial charge >= 0.3 is 0 Å². The van der Waals surface area contributed by atoms with E-state index in [2.05, 4.69) is 37.2 Å². The van der Waals surface area contributed by atoms with Gasteiger partial charge in [0.05, 0.1) is 5.56 Å². The second-order valence-electron chi connectivity index (χ2n) is 5.04. The van der Waals surface area contributed by atoms with Crippen molar-refractivity contribution in [3.05, 3.63) is 52.8 Å². The average Bonchev–Trinajstić information content (AvgIpc) is 3.02. The number of anilines is 2. The van der Waals surface area contributed by atoms with Crippen molar-refractivity contribution in [1.82, 2.24) is 4.98 Å². The number of nitrogens with zero attached hydrogens (tertiary/aromatic N) is 2. The predicted molar refractivity (Wildman–Crippen MR) is 87.8 cm³/mol. The number of halogens is 1. The largest absolute Gasteiger partial charge is 0.371 e. The van der Waals surface area contributed by atoms with Crippen LogP contribution in [0.2, 0.25) is 0 Å². The van der Waals surface area contributed by atoms with Crippen LogP contribution in [0, 0.1) is 0 Å². The van der Waals surface area contributed by atoms with Gasteiger partial charge in [0, 0.05) is 30.7 Å². The van der Waals surface area contributed by atoms with E-state index >= 15 is 0 Å². The van der Waals surface area contributed by atoms with Crippen molar-refractivity contribution in [2.24, 2.45) is 0 Å². The quantitative estimate of drug-likeness (QED) is 0.862. The van der Waals surface area contributed by atoms with Gasteiger partial charge in [-0.2, -0.15) is 0 Å². The summed E-state index contributed by atoms with van der Waals surface area (Å²) in [5.41, 5.74) is 2.50. The van der Waals surface area contributed by atoms with E-state index < -0.39 is 0 Å². The highest BCUT2D eigenvalue weighted by Crippen LogP contribution is 2.24.